The van der Waals surface area contributed by atoms with Crippen molar-refractivity contribution in [1.29, 1.82) is 0 Å². The van der Waals surface area contributed by atoms with E-state index in [4.69, 9.17) is 9.47 Å². The first-order chi connectivity index (χ1) is 14.1. The molecule has 2 nitrogen and oxygen atoms in total. The third-order valence-corrected chi connectivity index (χ3v) is 5.42. The Hall–Kier alpha value is -2.74. The molecule has 0 unspecified atom stereocenters. The van der Waals surface area contributed by atoms with Crippen LogP contribution in [0, 0.1) is 6.92 Å². The largest absolute Gasteiger partial charge is 0.490 e. The molecule has 3 rings (SSSR count). The van der Waals surface area contributed by atoms with Crippen molar-refractivity contribution in [2.24, 2.45) is 0 Å². The van der Waals surface area contributed by atoms with Gasteiger partial charge in [0, 0.05) is 0 Å². The second-order valence-corrected chi connectivity index (χ2v) is 7.36. The normalized spacial score (nSPS) is 10.8. The highest BCUT2D eigenvalue weighted by molar-refractivity contribution is 5.68. The van der Waals surface area contributed by atoms with Gasteiger partial charge in [-0.05, 0) is 83.8 Å². The third-order valence-electron chi connectivity index (χ3n) is 5.42. The quantitative estimate of drug-likeness (QED) is 0.375. The van der Waals surface area contributed by atoms with Crippen molar-refractivity contribution in [3.8, 4) is 22.6 Å². The Morgan fingerprint density at radius 2 is 1.28 bits per heavy atom. The monoisotopic (exact) mass is 388 g/mol. The van der Waals surface area contributed by atoms with Gasteiger partial charge < -0.3 is 9.47 Å². The molecule has 0 aliphatic heterocycles. The van der Waals surface area contributed by atoms with Crippen LogP contribution in [0.1, 0.15) is 43.0 Å². The second kappa shape index (κ2) is 10.2. The van der Waals surface area contributed by atoms with Gasteiger partial charge in [0.05, 0.1) is 0 Å². The second-order valence-electron chi connectivity index (χ2n) is 7.36. The molecule has 152 valence electrons. The minimum absolute atomic E-state index is 0.528. The molecule has 0 N–H and O–H groups in total. The lowest BCUT2D eigenvalue weighted by Gasteiger charge is -2.12. The van der Waals surface area contributed by atoms with Crippen LogP contribution < -0.4 is 9.47 Å². The van der Waals surface area contributed by atoms with Crippen LogP contribution >= 0.6 is 0 Å². The van der Waals surface area contributed by atoms with Gasteiger partial charge in [0.25, 0.3) is 0 Å². The van der Waals surface area contributed by atoms with Crippen molar-refractivity contribution in [3.05, 3.63) is 82.9 Å². The molecule has 3 aromatic carbocycles. The van der Waals surface area contributed by atoms with Crippen LogP contribution in [-0.4, -0.2) is 13.2 Å². The van der Waals surface area contributed by atoms with Gasteiger partial charge in [0.1, 0.15) is 24.7 Å². The molecule has 29 heavy (non-hydrogen) atoms. The average Bonchev–Trinajstić information content (AvgIpc) is 2.77. The van der Waals surface area contributed by atoms with E-state index < -0.39 is 0 Å². The number of rotatable bonds is 9. The van der Waals surface area contributed by atoms with Gasteiger partial charge in [0.15, 0.2) is 0 Å². The molecule has 0 saturated carbocycles. The standard InChI is InChI=1S/C27H32O2/c1-5-21-8-15-27(20(4)18-21)24-10-12-25(13-11-24)28-16-17-29-26-14-9-22(6-2)23(7-3)19-26/h8-15,18-19H,5-7,16-17H2,1-4H3. The van der Waals surface area contributed by atoms with Crippen molar-refractivity contribution in [2.45, 2.75) is 47.0 Å². The van der Waals surface area contributed by atoms with E-state index in [0.29, 0.717) is 13.2 Å². The number of benzene rings is 3. The van der Waals surface area contributed by atoms with Crippen LogP contribution in [0.4, 0.5) is 0 Å². The minimum Gasteiger partial charge on any atom is -0.490 e. The SMILES string of the molecule is CCc1ccc(-c2ccc(OCCOc3ccc(CC)c(CC)c3)cc2)c(C)c1. The number of ether oxygens (including phenoxy) is 2. The molecule has 3 aromatic rings. The smallest absolute Gasteiger partial charge is 0.122 e. The number of hydrogen-bond donors (Lipinski definition) is 0. The van der Waals surface area contributed by atoms with Crippen molar-refractivity contribution in [1.82, 2.24) is 0 Å². The minimum atomic E-state index is 0.528. The van der Waals surface area contributed by atoms with Crippen LogP contribution in [0.15, 0.2) is 60.7 Å². The predicted molar refractivity (Wildman–Crippen MR) is 122 cm³/mol. The summed E-state index contributed by atoms with van der Waals surface area (Å²) in [5.74, 6) is 1.79. The summed E-state index contributed by atoms with van der Waals surface area (Å²) < 4.78 is 11.7. The van der Waals surface area contributed by atoms with Crippen LogP contribution in [-0.2, 0) is 19.3 Å². The molecule has 0 spiro atoms. The maximum Gasteiger partial charge on any atom is 0.122 e. The van der Waals surface area contributed by atoms with E-state index in [2.05, 4.69) is 76.2 Å². The van der Waals surface area contributed by atoms with Gasteiger partial charge in [-0.2, -0.15) is 0 Å². The Bertz CT molecular complexity index is 926. The molecule has 0 heterocycles. The Morgan fingerprint density at radius 3 is 1.90 bits per heavy atom. The predicted octanol–water partition coefficient (Wildman–Crippen LogP) is 6.81. The third kappa shape index (κ3) is 5.41. The first-order valence-corrected chi connectivity index (χ1v) is 10.7. The Labute approximate surface area is 175 Å². The van der Waals surface area contributed by atoms with Gasteiger partial charge in [0.2, 0.25) is 0 Å². The molecule has 0 fully saturated rings. The van der Waals surface area contributed by atoms with E-state index in [0.717, 1.165) is 30.8 Å². The maximum atomic E-state index is 5.88. The zero-order valence-corrected chi connectivity index (χ0v) is 18.1. The number of aryl methyl sites for hydroxylation is 4. The molecular weight excluding hydrogens is 356 g/mol. The van der Waals surface area contributed by atoms with Gasteiger partial charge in [-0.1, -0.05) is 57.2 Å². The summed E-state index contributed by atoms with van der Waals surface area (Å²) in [5.41, 5.74) is 7.95. The van der Waals surface area contributed by atoms with E-state index in [1.165, 1.54) is 33.4 Å². The van der Waals surface area contributed by atoms with Crippen LogP contribution in [0.5, 0.6) is 11.5 Å². The molecule has 2 heteroatoms. The fourth-order valence-corrected chi connectivity index (χ4v) is 3.69. The molecule has 0 aliphatic rings. The van der Waals surface area contributed by atoms with Crippen molar-refractivity contribution >= 4 is 0 Å². The van der Waals surface area contributed by atoms with Crippen molar-refractivity contribution in [3.63, 3.8) is 0 Å². The summed E-state index contributed by atoms with van der Waals surface area (Å²) in [6.45, 7) is 9.80. The molecule has 0 radical (unpaired) electrons. The first-order valence-electron chi connectivity index (χ1n) is 10.7. The lowest BCUT2D eigenvalue weighted by Crippen LogP contribution is -2.09. The summed E-state index contributed by atoms with van der Waals surface area (Å²) in [5, 5.41) is 0. The molecule has 0 aliphatic carbocycles. The summed E-state index contributed by atoms with van der Waals surface area (Å²) in [6.07, 6.45) is 3.16. The molecule has 0 saturated heterocycles. The fourth-order valence-electron chi connectivity index (χ4n) is 3.69. The van der Waals surface area contributed by atoms with Crippen LogP contribution in [0.3, 0.4) is 0 Å². The average molecular weight is 389 g/mol. The zero-order chi connectivity index (χ0) is 20.6. The summed E-state index contributed by atoms with van der Waals surface area (Å²) in [4.78, 5) is 0. The Kier molecular flexibility index (Phi) is 7.35. The maximum absolute atomic E-state index is 5.88. The van der Waals surface area contributed by atoms with E-state index in [9.17, 15) is 0 Å². The topological polar surface area (TPSA) is 18.5 Å². The van der Waals surface area contributed by atoms with Crippen molar-refractivity contribution < 1.29 is 9.47 Å². The summed E-state index contributed by atoms with van der Waals surface area (Å²) >= 11 is 0. The van der Waals surface area contributed by atoms with E-state index in [-0.39, 0.29) is 0 Å². The summed E-state index contributed by atoms with van der Waals surface area (Å²) in [6, 6.07) is 21.4. The van der Waals surface area contributed by atoms with E-state index in [1.54, 1.807) is 0 Å². The van der Waals surface area contributed by atoms with E-state index in [1.807, 2.05) is 12.1 Å². The fraction of sp³-hybridized carbons (Fsp3) is 0.333. The molecule has 0 atom stereocenters. The molecule has 0 bridgehead atoms. The lowest BCUT2D eigenvalue weighted by molar-refractivity contribution is 0.217. The number of hydrogen-bond acceptors (Lipinski definition) is 2. The molecular formula is C27H32O2. The van der Waals surface area contributed by atoms with Gasteiger partial charge in [-0.3, -0.25) is 0 Å². The van der Waals surface area contributed by atoms with Crippen molar-refractivity contribution in [2.75, 3.05) is 13.2 Å². The van der Waals surface area contributed by atoms with E-state index >= 15 is 0 Å². The molecule has 0 amide bonds. The van der Waals surface area contributed by atoms with Gasteiger partial charge in [-0.15, -0.1) is 0 Å². The highest BCUT2D eigenvalue weighted by Crippen LogP contribution is 2.26. The van der Waals surface area contributed by atoms with Gasteiger partial charge >= 0.3 is 0 Å². The Balaban J connectivity index is 1.53. The summed E-state index contributed by atoms with van der Waals surface area (Å²) in [7, 11) is 0. The lowest BCUT2D eigenvalue weighted by atomic mass is 9.98. The Morgan fingerprint density at radius 1 is 0.621 bits per heavy atom. The molecule has 0 aromatic heterocycles. The highest BCUT2D eigenvalue weighted by Gasteiger charge is 2.05. The zero-order valence-electron chi connectivity index (χ0n) is 18.1. The van der Waals surface area contributed by atoms with Crippen LogP contribution in [0.25, 0.3) is 11.1 Å². The highest BCUT2D eigenvalue weighted by atomic mass is 16.5. The first kappa shape index (κ1) is 21.0. The van der Waals surface area contributed by atoms with Crippen LogP contribution in [0.2, 0.25) is 0 Å². The van der Waals surface area contributed by atoms with Gasteiger partial charge in [-0.25, -0.2) is 0 Å².